The Morgan fingerprint density at radius 2 is 1.95 bits per heavy atom. The van der Waals surface area contributed by atoms with Crippen LogP contribution in [0.4, 0.5) is 0 Å². The van der Waals surface area contributed by atoms with E-state index < -0.39 is 5.97 Å². The van der Waals surface area contributed by atoms with Crippen LogP contribution < -0.4 is 5.32 Å². The van der Waals surface area contributed by atoms with Gasteiger partial charge in [-0.25, -0.2) is 0 Å². The number of nitrogens with zero attached hydrogens (tertiary/aromatic N) is 1. The lowest BCUT2D eigenvalue weighted by atomic mass is 9.87. The molecule has 1 amide bonds. The van der Waals surface area contributed by atoms with Gasteiger partial charge >= 0.3 is 5.97 Å². The molecule has 2 rings (SSSR count). The summed E-state index contributed by atoms with van der Waals surface area (Å²) >= 11 is 1.92. The van der Waals surface area contributed by atoms with E-state index in [1.54, 1.807) is 0 Å². The maximum atomic E-state index is 12.1. The molecule has 1 saturated heterocycles. The number of hydrogen-bond donors (Lipinski definition) is 1. The Hall–Kier alpha value is -1.43. The predicted molar refractivity (Wildman–Crippen MR) is 78.6 cm³/mol. The zero-order valence-electron chi connectivity index (χ0n) is 11.6. The van der Waals surface area contributed by atoms with Gasteiger partial charge in [0.05, 0.1) is 19.1 Å². The zero-order valence-corrected chi connectivity index (χ0v) is 12.4. The van der Waals surface area contributed by atoms with Crippen LogP contribution in [-0.4, -0.2) is 41.6 Å². The summed E-state index contributed by atoms with van der Waals surface area (Å²) in [6.45, 7) is -0.0636. The average Bonchev–Trinajstić information content (AvgIpc) is 3.00. The number of nitrogens with one attached hydrogen (secondary N) is 1. The Bertz CT molecular complexity index is 453. The van der Waals surface area contributed by atoms with Crippen molar-refractivity contribution in [3.05, 3.63) is 24.5 Å². The first-order chi connectivity index (χ1) is 9.66. The molecule has 0 aromatic carbocycles. The molecule has 1 aliphatic heterocycles. The van der Waals surface area contributed by atoms with Crippen molar-refractivity contribution in [2.45, 2.75) is 24.8 Å². The number of thioether (sulfide) groups is 1. The number of methoxy groups -OCH3 is 1. The van der Waals surface area contributed by atoms with Crippen LogP contribution in [0.1, 0.15) is 19.3 Å². The van der Waals surface area contributed by atoms with Gasteiger partial charge in [0, 0.05) is 12.4 Å². The van der Waals surface area contributed by atoms with Gasteiger partial charge in [-0.2, -0.15) is 11.8 Å². The van der Waals surface area contributed by atoms with Gasteiger partial charge in [-0.1, -0.05) is 0 Å². The van der Waals surface area contributed by atoms with Crippen molar-refractivity contribution in [1.29, 1.82) is 0 Å². The highest BCUT2D eigenvalue weighted by atomic mass is 32.2. The standard InChI is InChI=1S/C14H20N2O3S/c1-19-13(18)11-15-12(17)10-14(4-8-20-9-5-14)16-6-2-3-7-16/h2-3,6-7H,4-5,8-11H2,1H3,(H,15,17). The molecule has 0 unspecified atom stereocenters. The van der Waals surface area contributed by atoms with Gasteiger partial charge in [-0.3, -0.25) is 9.59 Å². The largest absolute Gasteiger partial charge is 0.468 e. The normalized spacial score (nSPS) is 17.4. The molecule has 1 fully saturated rings. The highest BCUT2D eigenvalue weighted by molar-refractivity contribution is 7.99. The van der Waals surface area contributed by atoms with E-state index in [0.717, 1.165) is 24.3 Å². The Morgan fingerprint density at radius 1 is 1.30 bits per heavy atom. The quantitative estimate of drug-likeness (QED) is 0.834. The summed E-state index contributed by atoms with van der Waals surface area (Å²) in [7, 11) is 1.31. The Labute approximate surface area is 123 Å². The number of carbonyl (C=O) groups is 2. The van der Waals surface area contributed by atoms with Gasteiger partial charge < -0.3 is 14.6 Å². The molecule has 1 N–H and O–H groups in total. The minimum absolute atomic E-state index is 0.0636. The molecule has 110 valence electrons. The number of rotatable bonds is 5. The fraction of sp³-hybridized carbons (Fsp3) is 0.571. The summed E-state index contributed by atoms with van der Waals surface area (Å²) in [5.41, 5.74) is -0.158. The van der Waals surface area contributed by atoms with Gasteiger partial charge in [0.2, 0.25) is 5.91 Å². The van der Waals surface area contributed by atoms with Gasteiger partial charge in [-0.05, 0) is 36.5 Å². The van der Waals surface area contributed by atoms with E-state index in [4.69, 9.17) is 0 Å². The van der Waals surface area contributed by atoms with Crippen LogP contribution >= 0.6 is 11.8 Å². The van der Waals surface area contributed by atoms with Crippen molar-refractivity contribution in [2.75, 3.05) is 25.2 Å². The second-order valence-electron chi connectivity index (χ2n) is 4.96. The lowest BCUT2D eigenvalue weighted by Gasteiger charge is -2.38. The third-order valence-electron chi connectivity index (χ3n) is 3.72. The van der Waals surface area contributed by atoms with E-state index in [9.17, 15) is 9.59 Å². The molecular formula is C14H20N2O3S. The molecule has 0 bridgehead atoms. The number of hydrogen-bond acceptors (Lipinski definition) is 4. The van der Waals surface area contributed by atoms with Crippen molar-refractivity contribution in [3.63, 3.8) is 0 Å². The van der Waals surface area contributed by atoms with Crippen molar-refractivity contribution < 1.29 is 14.3 Å². The van der Waals surface area contributed by atoms with Crippen molar-refractivity contribution in [3.8, 4) is 0 Å². The van der Waals surface area contributed by atoms with Crippen LogP contribution in [0.15, 0.2) is 24.5 Å². The highest BCUT2D eigenvalue weighted by Gasteiger charge is 2.35. The third kappa shape index (κ3) is 3.56. The minimum atomic E-state index is -0.424. The van der Waals surface area contributed by atoms with Crippen molar-refractivity contribution in [1.82, 2.24) is 9.88 Å². The smallest absolute Gasteiger partial charge is 0.325 e. The van der Waals surface area contributed by atoms with E-state index in [2.05, 4.69) is 14.6 Å². The monoisotopic (exact) mass is 296 g/mol. The molecule has 0 aliphatic carbocycles. The molecule has 6 heteroatoms. The number of aromatic nitrogens is 1. The second-order valence-corrected chi connectivity index (χ2v) is 6.18. The van der Waals surface area contributed by atoms with E-state index in [1.807, 2.05) is 36.3 Å². The van der Waals surface area contributed by atoms with Gasteiger partial charge in [0.1, 0.15) is 6.54 Å². The SMILES string of the molecule is COC(=O)CNC(=O)CC1(n2cccc2)CCSCC1. The highest BCUT2D eigenvalue weighted by Crippen LogP contribution is 2.36. The Morgan fingerprint density at radius 3 is 2.55 bits per heavy atom. The van der Waals surface area contributed by atoms with Gasteiger partial charge in [0.25, 0.3) is 0 Å². The Kier molecular flexibility index (Phi) is 5.11. The molecule has 0 atom stereocenters. The minimum Gasteiger partial charge on any atom is -0.468 e. The van der Waals surface area contributed by atoms with E-state index in [0.29, 0.717) is 6.42 Å². The fourth-order valence-electron chi connectivity index (χ4n) is 2.53. The van der Waals surface area contributed by atoms with Crippen LogP contribution in [0, 0.1) is 0 Å². The number of carbonyl (C=O) groups excluding carboxylic acids is 2. The summed E-state index contributed by atoms with van der Waals surface area (Å²) in [6.07, 6.45) is 6.38. The topological polar surface area (TPSA) is 60.3 Å². The van der Waals surface area contributed by atoms with Gasteiger partial charge in [0.15, 0.2) is 0 Å². The molecule has 1 aromatic rings. The average molecular weight is 296 g/mol. The molecule has 0 spiro atoms. The first-order valence-electron chi connectivity index (χ1n) is 6.71. The molecule has 0 radical (unpaired) electrons. The summed E-state index contributed by atoms with van der Waals surface area (Å²) in [4.78, 5) is 23.2. The summed E-state index contributed by atoms with van der Waals surface area (Å²) in [6, 6.07) is 3.96. The lowest BCUT2D eigenvalue weighted by Crippen LogP contribution is -2.42. The molecule has 0 saturated carbocycles. The molecular weight excluding hydrogens is 276 g/mol. The number of esters is 1. The molecule has 1 aromatic heterocycles. The summed E-state index contributed by atoms with van der Waals surface area (Å²) < 4.78 is 6.67. The predicted octanol–water partition coefficient (Wildman–Crippen LogP) is 1.39. The van der Waals surface area contributed by atoms with Crippen LogP contribution in [0.25, 0.3) is 0 Å². The maximum Gasteiger partial charge on any atom is 0.325 e. The lowest BCUT2D eigenvalue weighted by molar-refractivity contribution is -0.141. The van der Waals surface area contributed by atoms with Crippen LogP contribution in [0.3, 0.4) is 0 Å². The summed E-state index contributed by atoms with van der Waals surface area (Å²) in [5, 5.41) is 2.63. The third-order valence-corrected chi connectivity index (χ3v) is 4.71. The zero-order chi connectivity index (χ0) is 14.4. The van der Waals surface area contributed by atoms with Crippen LogP contribution in [0.5, 0.6) is 0 Å². The molecule has 5 nitrogen and oxygen atoms in total. The van der Waals surface area contributed by atoms with Crippen LogP contribution in [-0.2, 0) is 19.9 Å². The van der Waals surface area contributed by atoms with E-state index in [-0.39, 0.29) is 18.0 Å². The fourth-order valence-corrected chi connectivity index (χ4v) is 3.79. The molecule has 20 heavy (non-hydrogen) atoms. The number of amides is 1. The Balaban J connectivity index is 2.01. The first kappa shape index (κ1) is 15.0. The van der Waals surface area contributed by atoms with Crippen molar-refractivity contribution >= 4 is 23.6 Å². The first-order valence-corrected chi connectivity index (χ1v) is 7.86. The van der Waals surface area contributed by atoms with E-state index in [1.165, 1.54) is 7.11 Å². The summed E-state index contributed by atoms with van der Waals surface area (Å²) in [5.74, 6) is 1.59. The number of ether oxygens (including phenoxy) is 1. The molecule has 1 aliphatic rings. The maximum absolute atomic E-state index is 12.1. The second kappa shape index (κ2) is 6.83. The van der Waals surface area contributed by atoms with Gasteiger partial charge in [-0.15, -0.1) is 0 Å². The molecule has 2 heterocycles. The van der Waals surface area contributed by atoms with E-state index >= 15 is 0 Å². The van der Waals surface area contributed by atoms with Crippen LogP contribution in [0.2, 0.25) is 0 Å². The van der Waals surface area contributed by atoms with Crippen molar-refractivity contribution in [2.24, 2.45) is 0 Å².